The summed E-state index contributed by atoms with van der Waals surface area (Å²) < 4.78 is 2.34. The SMILES string of the molecule is c1ccc(-c2nc(-c3ccccc3)nc(-c3ccc(-n4c5ccccc5c5cc(-c6cccc7ccccc67)ccc54)c(-c4nc(-c5ccccc5)nc(-c5ccccc5)n4)c3)n2)cc1. The Balaban J connectivity index is 1.13. The summed E-state index contributed by atoms with van der Waals surface area (Å²) in [5.74, 6) is 3.38. The Hall–Kier alpha value is -8.94. The molecule has 0 aliphatic rings. The lowest BCUT2D eigenvalue weighted by Crippen LogP contribution is -2.05. The molecule has 3 aromatic heterocycles. The highest BCUT2D eigenvalue weighted by Gasteiger charge is 2.22. The van der Waals surface area contributed by atoms with E-state index in [1.807, 2.05) is 121 Å². The van der Waals surface area contributed by atoms with Gasteiger partial charge in [0, 0.05) is 44.2 Å². The van der Waals surface area contributed by atoms with Crippen molar-refractivity contribution in [2.24, 2.45) is 0 Å². The van der Waals surface area contributed by atoms with Gasteiger partial charge in [-0.1, -0.05) is 188 Å². The minimum absolute atomic E-state index is 0.522. The highest BCUT2D eigenvalue weighted by molar-refractivity contribution is 6.12. The summed E-state index contributed by atoms with van der Waals surface area (Å²) in [5, 5.41) is 4.72. The molecule has 0 radical (unpaired) electrons. The Kier molecular flexibility index (Phi) is 9.34. The van der Waals surface area contributed by atoms with Gasteiger partial charge in [-0.15, -0.1) is 0 Å². The zero-order valence-corrected chi connectivity index (χ0v) is 35.0. The van der Waals surface area contributed by atoms with Crippen LogP contribution in [0.5, 0.6) is 0 Å². The number of hydrogen-bond donors (Lipinski definition) is 0. The molecule has 0 bridgehead atoms. The van der Waals surface area contributed by atoms with Gasteiger partial charge in [-0.05, 0) is 58.3 Å². The lowest BCUT2D eigenvalue weighted by atomic mass is 9.97. The molecule has 0 amide bonds. The number of aromatic nitrogens is 7. The second kappa shape index (κ2) is 16.1. The lowest BCUT2D eigenvalue weighted by Gasteiger charge is -2.16. The van der Waals surface area contributed by atoms with Crippen LogP contribution in [0.15, 0.2) is 224 Å². The third-order valence-electron chi connectivity index (χ3n) is 11.9. The molecule has 9 aromatic carbocycles. The van der Waals surface area contributed by atoms with Crippen molar-refractivity contribution in [2.75, 3.05) is 0 Å². The van der Waals surface area contributed by atoms with Crippen molar-refractivity contribution < 1.29 is 0 Å². The van der Waals surface area contributed by atoms with E-state index in [1.165, 1.54) is 16.3 Å². The van der Waals surface area contributed by atoms with Crippen LogP contribution in [-0.4, -0.2) is 34.5 Å². The van der Waals surface area contributed by atoms with E-state index in [0.29, 0.717) is 34.9 Å². The Morgan fingerprint density at radius 2 is 0.677 bits per heavy atom. The topological polar surface area (TPSA) is 82.3 Å². The van der Waals surface area contributed by atoms with E-state index in [-0.39, 0.29) is 0 Å². The average Bonchev–Trinajstić information content (AvgIpc) is 3.72. The smallest absolute Gasteiger partial charge is 0.166 e. The zero-order valence-electron chi connectivity index (χ0n) is 35.0. The molecule has 0 atom stereocenters. The van der Waals surface area contributed by atoms with E-state index in [1.54, 1.807) is 0 Å². The van der Waals surface area contributed by atoms with Crippen molar-refractivity contribution >= 4 is 32.6 Å². The largest absolute Gasteiger partial charge is 0.309 e. The molecule has 304 valence electrons. The van der Waals surface area contributed by atoms with Gasteiger partial charge in [0.05, 0.1) is 16.7 Å². The average molecular weight is 832 g/mol. The second-order valence-corrected chi connectivity index (χ2v) is 15.9. The molecule has 3 heterocycles. The molecule has 0 N–H and O–H groups in total. The minimum atomic E-state index is 0.522. The first-order chi connectivity index (χ1) is 32.2. The van der Waals surface area contributed by atoms with Crippen LogP contribution < -0.4 is 0 Å². The third-order valence-corrected chi connectivity index (χ3v) is 11.9. The Bertz CT molecular complexity index is 3580. The maximum Gasteiger partial charge on any atom is 0.166 e. The van der Waals surface area contributed by atoms with Crippen molar-refractivity contribution in [3.8, 4) is 85.1 Å². The van der Waals surface area contributed by atoms with E-state index >= 15 is 0 Å². The van der Waals surface area contributed by atoms with Gasteiger partial charge in [-0.3, -0.25) is 0 Å². The van der Waals surface area contributed by atoms with Crippen molar-refractivity contribution in [3.63, 3.8) is 0 Å². The summed E-state index contributed by atoms with van der Waals surface area (Å²) >= 11 is 0. The third kappa shape index (κ3) is 6.98. The van der Waals surface area contributed by atoms with Crippen LogP contribution in [0.4, 0.5) is 0 Å². The standard InChI is InChI=1S/C58H37N7/c1-5-19-39(20-6-1)53-59-54(40-21-7-2-8-22-40)62-57(61-53)44-33-35-52(49(37-44)58-63-55(41-23-9-3-10-24-41)60-56(64-58)42-25-11-4-12-26-42)65-50-31-16-15-29-47(50)48-36-43(32-34-51(48)65)46-30-17-27-38-18-13-14-28-45(38)46/h1-37H. The summed E-state index contributed by atoms with van der Waals surface area (Å²) in [6.07, 6.45) is 0. The summed E-state index contributed by atoms with van der Waals surface area (Å²) in [4.78, 5) is 30.9. The summed E-state index contributed by atoms with van der Waals surface area (Å²) in [5.41, 5.74) is 10.5. The van der Waals surface area contributed by atoms with Crippen LogP contribution in [0.3, 0.4) is 0 Å². The van der Waals surface area contributed by atoms with Crippen LogP contribution in [0.2, 0.25) is 0 Å². The van der Waals surface area contributed by atoms with Gasteiger partial charge in [0.2, 0.25) is 0 Å². The highest BCUT2D eigenvalue weighted by atomic mass is 15.1. The predicted molar refractivity (Wildman–Crippen MR) is 263 cm³/mol. The number of rotatable bonds is 8. The summed E-state index contributed by atoms with van der Waals surface area (Å²) in [6.45, 7) is 0. The van der Waals surface area contributed by atoms with Gasteiger partial charge < -0.3 is 4.57 Å². The first-order valence-corrected chi connectivity index (χ1v) is 21.6. The molecular weight excluding hydrogens is 795 g/mol. The van der Waals surface area contributed by atoms with E-state index in [2.05, 4.69) is 108 Å². The number of benzene rings is 9. The van der Waals surface area contributed by atoms with Gasteiger partial charge in [0.1, 0.15) is 0 Å². The van der Waals surface area contributed by atoms with E-state index in [4.69, 9.17) is 29.9 Å². The molecule has 0 spiro atoms. The van der Waals surface area contributed by atoms with Crippen molar-refractivity contribution in [1.29, 1.82) is 0 Å². The summed E-state index contributed by atoms with van der Waals surface area (Å²) in [7, 11) is 0. The molecule has 0 fully saturated rings. The van der Waals surface area contributed by atoms with Crippen LogP contribution in [0, 0.1) is 0 Å². The van der Waals surface area contributed by atoms with Crippen molar-refractivity contribution in [1.82, 2.24) is 34.5 Å². The quantitative estimate of drug-likeness (QED) is 0.152. The van der Waals surface area contributed by atoms with Crippen LogP contribution in [-0.2, 0) is 0 Å². The molecule has 7 nitrogen and oxygen atoms in total. The fourth-order valence-corrected chi connectivity index (χ4v) is 8.79. The number of hydrogen-bond acceptors (Lipinski definition) is 6. The molecular formula is C58H37N7. The Labute approximate surface area is 375 Å². The van der Waals surface area contributed by atoms with E-state index in [0.717, 1.165) is 66.4 Å². The predicted octanol–water partition coefficient (Wildman–Crippen LogP) is 14.0. The monoisotopic (exact) mass is 831 g/mol. The fraction of sp³-hybridized carbons (Fsp3) is 0. The first-order valence-electron chi connectivity index (χ1n) is 21.6. The van der Waals surface area contributed by atoms with Crippen LogP contribution in [0.25, 0.3) is 118 Å². The highest BCUT2D eigenvalue weighted by Crippen LogP contribution is 2.40. The second-order valence-electron chi connectivity index (χ2n) is 15.9. The maximum atomic E-state index is 5.29. The molecule has 12 rings (SSSR count). The van der Waals surface area contributed by atoms with Gasteiger partial charge in [0.25, 0.3) is 0 Å². The van der Waals surface area contributed by atoms with Crippen molar-refractivity contribution in [3.05, 3.63) is 224 Å². The van der Waals surface area contributed by atoms with E-state index < -0.39 is 0 Å². The number of fused-ring (bicyclic) bond motifs is 4. The molecule has 65 heavy (non-hydrogen) atoms. The van der Waals surface area contributed by atoms with Crippen LogP contribution >= 0.6 is 0 Å². The molecule has 0 saturated heterocycles. The molecule has 7 heteroatoms. The molecule has 0 aliphatic carbocycles. The zero-order chi connectivity index (χ0) is 43.1. The maximum absolute atomic E-state index is 5.29. The molecule has 0 aliphatic heterocycles. The molecule has 12 aromatic rings. The van der Waals surface area contributed by atoms with Gasteiger partial charge in [-0.2, -0.15) is 0 Å². The van der Waals surface area contributed by atoms with Crippen molar-refractivity contribution in [2.45, 2.75) is 0 Å². The number of para-hydroxylation sites is 1. The molecule has 0 saturated carbocycles. The minimum Gasteiger partial charge on any atom is -0.309 e. The normalized spacial score (nSPS) is 11.4. The Morgan fingerprint density at radius 1 is 0.246 bits per heavy atom. The molecule has 0 unspecified atom stereocenters. The van der Waals surface area contributed by atoms with Gasteiger partial charge >= 0.3 is 0 Å². The van der Waals surface area contributed by atoms with E-state index in [9.17, 15) is 0 Å². The number of nitrogens with zero attached hydrogens (tertiary/aromatic N) is 7. The van der Waals surface area contributed by atoms with Gasteiger partial charge in [-0.25, -0.2) is 29.9 Å². The fourth-order valence-electron chi connectivity index (χ4n) is 8.79. The Morgan fingerprint density at radius 3 is 1.25 bits per heavy atom. The van der Waals surface area contributed by atoms with Gasteiger partial charge in [0.15, 0.2) is 34.9 Å². The summed E-state index contributed by atoms with van der Waals surface area (Å²) in [6, 6.07) is 77.1. The van der Waals surface area contributed by atoms with Crippen LogP contribution in [0.1, 0.15) is 0 Å². The lowest BCUT2D eigenvalue weighted by molar-refractivity contribution is 1.06. The first kappa shape index (κ1) is 37.8.